The number of hydrogen-bond acceptors (Lipinski definition) is 7. The predicted octanol–water partition coefficient (Wildman–Crippen LogP) is 2.48. The number of likely N-dealkylation sites (tertiary alicyclic amines) is 1. The van der Waals surface area contributed by atoms with Gasteiger partial charge in [0.05, 0.1) is 16.9 Å². The SMILES string of the molecule is O=C(O)CCCN1C(=O)[C@@H]2[C@H]3C[C@@H]([C@@H]2C1=O)[C@@H]1[C@H](c2ccccc2O)c2sc(=O)[nH]c2S[C@H]31. The number of fused-ring (bicyclic) bond motifs is 9. The fourth-order valence-corrected chi connectivity index (χ4v) is 9.67. The quantitative estimate of drug-likeness (QED) is 0.554. The van der Waals surface area contributed by atoms with E-state index in [4.69, 9.17) is 5.11 Å². The molecule has 3 heterocycles. The summed E-state index contributed by atoms with van der Waals surface area (Å²) in [5.41, 5.74) is 0.753. The third kappa shape index (κ3) is 2.96. The van der Waals surface area contributed by atoms with Gasteiger partial charge in [0.1, 0.15) is 5.75 Å². The lowest BCUT2D eigenvalue weighted by molar-refractivity contribution is -0.142. The van der Waals surface area contributed by atoms with Crippen molar-refractivity contribution in [2.24, 2.45) is 29.6 Å². The van der Waals surface area contributed by atoms with Gasteiger partial charge in [-0.1, -0.05) is 29.5 Å². The molecule has 6 rings (SSSR count). The zero-order valence-electron chi connectivity index (χ0n) is 17.5. The summed E-state index contributed by atoms with van der Waals surface area (Å²) in [5, 5.41) is 20.5. The van der Waals surface area contributed by atoms with Gasteiger partial charge in [0.15, 0.2) is 0 Å². The summed E-state index contributed by atoms with van der Waals surface area (Å²) in [6, 6.07) is 7.15. The Morgan fingerprint density at radius 1 is 1.12 bits per heavy atom. The molecule has 2 saturated carbocycles. The molecule has 1 saturated heterocycles. The van der Waals surface area contributed by atoms with Crippen LogP contribution in [0.15, 0.2) is 34.1 Å². The molecule has 0 unspecified atom stereocenters. The van der Waals surface area contributed by atoms with Crippen molar-refractivity contribution >= 4 is 40.9 Å². The normalized spacial score (nSPS) is 33.8. The van der Waals surface area contributed by atoms with Gasteiger partial charge < -0.3 is 15.2 Å². The molecule has 4 aliphatic rings. The molecule has 0 radical (unpaired) electrons. The summed E-state index contributed by atoms with van der Waals surface area (Å²) >= 11 is 2.76. The highest BCUT2D eigenvalue weighted by Gasteiger charge is 2.69. The highest BCUT2D eigenvalue weighted by atomic mass is 32.2. The van der Waals surface area contributed by atoms with Gasteiger partial charge in [-0.05, 0) is 36.7 Å². The first kappa shape index (κ1) is 21.0. The molecule has 0 spiro atoms. The molecule has 2 bridgehead atoms. The number of nitrogens with zero attached hydrogens (tertiary/aromatic N) is 1. The van der Waals surface area contributed by atoms with Crippen LogP contribution in [0.2, 0.25) is 0 Å². The van der Waals surface area contributed by atoms with Gasteiger partial charge in [0.2, 0.25) is 11.8 Å². The summed E-state index contributed by atoms with van der Waals surface area (Å²) in [6.07, 6.45) is 0.951. The van der Waals surface area contributed by atoms with Crippen LogP contribution in [-0.4, -0.2) is 49.7 Å². The molecule has 1 aromatic heterocycles. The maximum atomic E-state index is 13.3. The van der Waals surface area contributed by atoms with Gasteiger partial charge in [0.25, 0.3) is 0 Å². The number of carbonyl (C=O) groups is 3. The van der Waals surface area contributed by atoms with Crippen LogP contribution in [0.4, 0.5) is 0 Å². The summed E-state index contributed by atoms with van der Waals surface area (Å²) in [4.78, 5) is 54.7. The number of rotatable bonds is 5. The highest BCUT2D eigenvalue weighted by Crippen LogP contribution is 2.68. The fraction of sp³-hybridized carbons (Fsp3) is 0.478. The van der Waals surface area contributed by atoms with E-state index in [0.717, 1.165) is 33.2 Å². The molecule has 1 aromatic carbocycles. The van der Waals surface area contributed by atoms with E-state index in [2.05, 4.69) is 4.98 Å². The van der Waals surface area contributed by atoms with Crippen molar-refractivity contribution in [1.82, 2.24) is 9.88 Å². The number of hydrogen-bond donors (Lipinski definition) is 3. The Bertz CT molecular complexity index is 1240. The van der Waals surface area contributed by atoms with Gasteiger partial charge in [-0.2, -0.15) is 0 Å². The number of thiazole rings is 1. The number of aliphatic carboxylic acids is 1. The lowest BCUT2D eigenvalue weighted by Gasteiger charge is -2.43. The summed E-state index contributed by atoms with van der Waals surface area (Å²) < 4.78 is 0. The van der Waals surface area contributed by atoms with Crippen LogP contribution >= 0.6 is 23.1 Å². The second kappa shape index (κ2) is 7.46. The topological polar surface area (TPSA) is 128 Å². The van der Waals surface area contributed by atoms with Gasteiger partial charge in [0, 0.05) is 34.6 Å². The number of thioether (sulfide) groups is 1. The average Bonchev–Trinajstić information content (AvgIpc) is 3.49. The minimum Gasteiger partial charge on any atom is -0.508 e. The third-order valence-corrected chi connectivity index (χ3v) is 10.4. The number of amides is 2. The van der Waals surface area contributed by atoms with Gasteiger partial charge in [-0.15, -0.1) is 11.8 Å². The van der Waals surface area contributed by atoms with E-state index in [1.807, 2.05) is 12.1 Å². The Labute approximate surface area is 197 Å². The molecular formula is C23H22N2O6S2. The minimum absolute atomic E-state index is 0.0147. The van der Waals surface area contributed by atoms with Crippen LogP contribution in [0.25, 0.3) is 0 Å². The first-order chi connectivity index (χ1) is 15.9. The van der Waals surface area contributed by atoms with Crippen LogP contribution < -0.4 is 4.87 Å². The van der Waals surface area contributed by atoms with E-state index >= 15 is 0 Å². The lowest BCUT2D eigenvalue weighted by Crippen LogP contribution is -2.42. The van der Waals surface area contributed by atoms with Crippen LogP contribution in [0.5, 0.6) is 5.75 Å². The van der Waals surface area contributed by atoms with Crippen molar-refractivity contribution in [3.63, 3.8) is 0 Å². The zero-order chi connectivity index (χ0) is 23.0. The molecule has 3 fully saturated rings. The Kier molecular flexibility index (Phi) is 4.74. The Balaban J connectivity index is 1.39. The van der Waals surface area contributed by atoms with E-state index in [-0.39, 0.29) is 76.7 Å². The van der Waals surface area contributed by atoms with Crippen LogP contribution in [-0.2, 0) is 14.4 Å². The van der Waals surface area contributed by atoms with E-state index < -0.39 is 11.9 Å². The monoisotopic (exact) mass is 486 g/mol. The van der Waals surface area contributed by atoms with Gasteiger partial charge >= 0.3 is 10.8 Å². The number of benzene rings is 1. The molecule has 10 heteroatoms. The number of imide groups is 1. The average molecular weight is 487 g/mol. The Morgan fingerprint density at radius 2 is 1.85 bits per heavy atom. The largest absolute Gasteiger partial charge is 0.508 e. The summed E-state index contributed by atoms with van der Waals surface area (Å²) in [7, 11) is 0. The molecule has 3 N–H and O–H groups in total. The number of H-pyrrole nitrogens is 1. The predicted molar refractivity (Wildman–Crippen MR) is 120 cm³/mol. The van der Waals surface area contributed by atoms with Crippen molar-refractivity contribution < 1.29 is 24.6 Å². The molecule has 2 aliphatic heterocycles. The lowest BCUT2D eigenvalue weighted by atomic mass is 9.68. The van der Waals surface area contributed by atoms with Crippen molar-refractivity contribution in [3.05, 3.63) is 44.4 Å². The molecule has 172 valence electrons. The van der Waals surface area contributed by atoms with Crippen molar-refractivity contribution in [2.45, 2.75) is 35.5 Å². The molecule has 2 aromatic rings. The molecule has 7 atom stereocenters. The van der Waals surface area contributed by atoms with Crippen molar-refractivity contribution in [2.75, 3.05) is 6.54 Å². The summed E-state index contributed by atoms with van der Waals surface area (Å²) in [5.74, 6) is -2.10. The van der Waals surface area contributed by atoms with E-state index in [1.165, 1.54) is 4.90 Å². The third-order valence-electron chi connectivity index (χ3n) is 7.86. The maximum Gasteiger partial charge on any atom is 0.305 e. The Morgan fingerprint density at radius 3 is 2.58 bits per heavy atom. The van der Waals surface area contributed by atoms with Crippen LogP contribution in [0.1, 0.15) is 35.6 Å². The highest BCUT2D eigenvalue weighted by molar-refractivity contribution is 8.00. The smallest absolute Gasteiger partial charge is 0.305 e. The fourth-order valence-electron chi connectivity index (χ4n) is 6.79. The van der Waals surface area contributed by atoms with Crippen molar-refractivity contribution in [1.29, 1.82) is 0 Å². The van der Waals surface area contributed by atoms with Gasteiger partial charge in [-0.25, -0.2) is 0 Å². The number of phenolic OH excluding ortho intramolecular Hbond substituents is 1. The number of aromatic nitrogens is 1. The minimum atomic E-state index is -0.942. The maximum absolute atomic E-state index is 13.3. The number of para-hydroxylation sites is 1. The summed E-state index contributed by atoms with van der Waals surface area (Å²) in [6.45, 7) is 0.141. The van der Waals surface area contributed by atoms with E-state index in [0.29, 0.717) is 0 Å². The van der Waals surface area contributed by atoms with Crippen LogP contribution in [0.3, 0.4) is 0 Å². The second-order valence-corrected chi connectivity index (χ2v) is 11.5. The Hall–Kier alpha value is -2.59. The number of aromatic amines is 1. The number of carboxylic acids is 1. The number of aromatic hydroxyl groups is 1. The van der Waals surface area contributed by atoms with Gasteiger partial charge in [-0.3, -0.25) is 24.1 Å². The standard InChI is InChI=1S/C23H22N2O6S2/c26-12-5-2-1-4-9(12)14-15-10-8-11(18(15)32-20-19(14)33-23(31)24-20)17-16(10)21(29)25(22(17)30)7-3-6-13(27)28/h1-2,4-5,10-11,14-18,26H,3,6-8H2,(H,24,31)(H,27,28)/t10-,11-,14+,15-,16+,17-,18-/m1/s1. The molecule has 2 aliphatic carbocycles. The van der Waals surface area contributed by atoms with Crippen LogP contribution in [0, 0.1) is 29.6 Å². The van der Waals surface area contributed by atoms with E-state index in [1.54, 1.807) is 23.9 Å². The number of nitrogens with one attached hydrogen (secondary N) is 1. The second-order valence-electron chi connectivity index (χ2n) is 9.34. The molecule has 33 heavy (non-hydrogen) atoms. The van der Waals surface area contributed by atoms with E-state index in [9.17, 15) is 24.3 Å². The van der Waals surface area contributed by atoms with Crippen molar-refractivity contribution in [3.8, 4) is 5.75 Å². The molecular weight excluding hydrogens is 464 g/mol. The zero-order valence-corrected chi connectivity index (χ0v) is 19.1. The first-order valence-corrected chi connectivity index (χ1v) is 12.8. The first-order valence-electron chi connectivity index (χ1n) is 11.1. The number of carboxylic acid groups (broad SMARTS) is 1. The molecule has 8 nitrogen and oxygen atoms in total. The molecule has 2 amide bonds. The number of phenols is 1. The number of carbonyl (C=O) groups excluding carboxylic acids is 2.